The van der Waals surface area contributed by atoms with Crippen molar-refractivity contribution in [1.82, 2.24) is 0 Å². The minimum Gasteiger partial charge on any atom is -0.465 e. The topological polar surface area (TPSA) is 26.3 Å². The van der Waals surface area contributed by atoms with E-state index in [-0.39, 0.29) is 13.0 Å². The van der Waals surface area contributed by atoms with Gasteiger partial charge in [0.15, 0.2) is 0 Å². The van der Waals surface area contributed by atoms with Crippen LogP contribution in [-0.4, -0.2) is 18.0 Å². The minimum absolute atomic E-state index is 0.150. The first kappa shape index (κ1) is 13.3. The van der Waals surface area contributed by atoms with Gasteiger partial charge in [-0.05, 0) is 30.7 Å². The molecule has 88 valence electrons. The molecule has 1 unspecified atom stereocenters. The third-order valence-corrected chi connectivity index (χ3v) is 2.65. The molecule has 0 amide bonds. The normalized spacial score (nSPS) is 12.2. The summed E-state index contributed by atoms with van der Waals surface area (Å²) in [5.41, 5.74) is 0.495. The zero-order valence-electron chi connectivity index (χ0n) is 8.67. The van der Waals surface area contributed by atoms with E-state index in [9.17, 15) is 9.18 Å². The number of carbonyl (C=O) groups excluding carboxylic acids is 1. The van der Waals surface area contributed by atoms with Crippen molar-refractivity contribution in [3.63, 3.8) is 0 Å². The maximum atomic E-state index is 12.9. The molecule has 1 rings (SSSR count). The van der Waals surface area contributed by atoms with Gasteiger partial charge in [0.05, 0.1) is 6.61 Å². The molecule has 0 fully saturated rings. The molecule has 0 N–H and O–H groups in total. The van der Waals surface area contributed by atoms with Gasteiger partial charge in [-0.2, -0.15) is 0 Å². The third kappa shape index (κ3) is 3.65. The molecule has 1 aromatic rings. The second kappa shape index (κ2) is 6.06. The van der Waals surface area contributed by atoms with E-state index in [2.05, 4.69) is 0 Å². The van der Waals surface area contributed by atoms with Crippen molar-refractivity contribution in [2.75, 3.05) is 6.61 Å². The highest BCUT2D eigenvalue weighted by atomic mass is 35.5. The smallest absolute Gasteiger partial charge is 0.324 e. The minimum atomic E-state index is -0.848. The summed E-state index contributed by atoms with van der Waals surface area (Å²) in [5.74, 6) is -0.934. The lowest BCUT2D eigenvalue weighted by atomic mass is 10.1. The Morgan fingerprint density at radius 2 is 2.25 bits per heavy atom. The van der Waals surface area contributed by atoms with Gasteiger partial charge in [-0.15, -0.1) is 11.6 Å². The Morgan fingerprint density at radius 3 is 2.88 bits per heavy atom. The molecule has 16 heavy (non-hydrogen) atoms. The van der Waals surface area contributed by atoms with E-state index < -0.39 is 17.2 Å². The summed E-state index contributed by atoms with van der Waals surface area (Å²) in [7, 11) is 0. The average molecular weight is 265 g/mol. The Balaban J connectivity index is 2.72. The van der Waals surface area contributed by atoms with Crippen LogP contribution in [0.15, 0.2) is 18.2 Å². The number of hydrogen-bond acceptors (Lipinski definition) is 2. The highest BCUT2D eigenvalue weighted by Crippen LogP contribution is 2.20. The SMILES string of the molecule is CCOC(=O)C(Cl)Cc1cc(F)ccc1Cl. The Morgan fingerprint density at radius 1 is 1.56 bits per heavy atom. The summed E-state index contributed by atoms with van der Waals surface area (Å²) in [6.07, 6.45) is 0.150. The molecule has 0 saturated carbocycles. The van der Waals surface area contributed by atoms with Crippen LogP contribution < -0.4 is 0 Å². The summed E-state index contributed by atoms with van der Waals surface area (Å²) in [6.45, 7) is 1.95. The first-order chi connectivity index (χ1) is 7.54. The van der Waals surface area contributed by atoms with Crippen molar-refractivity contribution in [3.05, 3.63) is 34.6 Å². The number of rotatable bonds is 4. The van der Waals surface area contributed by atoms with Crippen molar-refractivity contribution >= 4 is 29.2 Å². The molecule has 0 aliphatic carbocycles. The molecule has 0 spiro atoms. The first-order valence-electron chi connectivity index (χ1n) is 4.79. The summed E-state index contributed by atoms with van der Waals surface area (Å²) in [4.78, 5) is 11.3. The predicted molar refractivity (Wildman–Crippen MR) is 61.4 cm³/mol. The van der Waals surface area contributed by atoms with Crippen LogP contribution in [0.3, 0.4) is 0 Å². The summed E-state index contributed by atoms with van der Waals surface area (Å²) < 4.78 is 17.7. The molecule has 2 nitrogen and oxygen atoms in total. The highest BCUT2D eigenvalue weighted by Gasteiger charge is 2.18. The van der Waals surface area contributed by atoms with E-state index in [1.807, 2.05) is 0 Å². The van der Waals surface area contributed by atoms with Gasteiger partial charge >= 0.3 is 5.97 Å². The quantitative estimate of drug-likeness (QED) is 0.617. The van der Waals surface area contributed by atoms with Gasteiger partial charge in [0.2, 0.25) is 0 Å². The van der Waals surface area contributed by atoms with Crippen molar-refractivity contribution in [2.24, 2.45) is 0 Å². The Hall–Kier alpha value is -0.800. The van der Waals surface area contributed by atoms with Crippen molar-refractivity contribution in [1.29, 1.82) is 0 Å². The number of ether oxygens (including phenoxy) is 1. The lowest BCUT2D eigenvalue weighted by Crippen LogP contribution is -2.20. The molecule has 0 bridgehead atoms. The molecular weight excluding hydrogens is 254 g/mol. The highest BCUT2D eigenvalue weighted by molar-refractivity contribution is 6.32. The first-order valence-corrected chi connectivity index (χ1v) is 5.60. The zero-order chi connectivity index (χ0) is 12.1. The Labute approximate surface area is 103 Å². The molecule has 0 aliphatic heterocycles. The van der Waals surface area contributed by atoms with E-state index in [1.54, 1.807) is 6.92 Å². The maximum absolute atomic E-state index is 12.9. The Kier molecular flexibility index (Phi) is 5.03. The van der Waals surface area contributed by atoms with E-state index in [4.69, 9.17) is 27.9 Å². The molecule has 0 aliphatic rings. The molecule has 0 radical (unpaired) electrons. The second-order valence-electron chi connectivity index (χ2n) is 3.16. The van der Waals surface area contributed by atoms with Crippen molar-refractivity contribution in [3.8, 4) is 0 Å². The molecule has 5 heteroatoms. The van der Waals surface area contributed by atoms with Crippen LogP contribution in [0.1, 0.15) is 12.5 Å². The number of carbonyl (C=O) groups is 1. The van der Waals surface area contributed by atoms with Crippen LogP contribution in [0.5, 0.6) is 0 Å². The lowest BCUT2D eigenvalue weighted by Gasteiger charge is -2.09. The van der Waals surface area contributed by atoms with E-state index in [0.717, 1.165) is 0 Å². The van der Waals surface area contributed by atoms with Crippen LogP contribution in [0.25, 0.3) is 0 Å². The van der Waals surface area contributed by atoms with Crippen LogP contribution >= 0.6 is 23.2 Å². The van der Waals surface area contributed by atoms with E-state index in [0.29, 0.717) is 10.6 Å². The van der Waals surface area contributed by atoms with Gasteiger partial charge in [-0.1, -0.05) is 11.6 Å². The fourth-order valence-corrected chi connectivity index (χ4v) is 1.63. The number of benzene rings is 1. The fourth-order valence-electron chi connectivity index (χ4n) is 1.21. The van der Waals surface area contributed by atoms with Gasteiger partial charge in [-0.25, -0.2) is 4.39 Å². The molecule has 0 aromatic heterocycles. The maximum Gasteiger partial charge on any atom is 0.324 e. The van der Waals surface area contributed by atoms with Gasteiger partial charge in [0, 0.05) is 11.4 Å². The largest absolute Gasteiger partial charge is 0.465 e. The van der Waals surface area contributed by atoms with E-state index >= 15 is 0 Å². The van der Waals surface area contributed by atoms with Crippen molar-refractivity contribution in [2.45, 2.75) is 18.7 Å². The molecule has 0 heterocycles. The summed E-state index contributed by atoms with van der Waals surface area (Å²) in [6, 6.07) is 3.94. The number of esters is 1. The second-order valence-corrected chi connectivity index (χ2v) is 4.09. The van der Waals surface area contributed by atoms with Crippen LogP contribution in [0, 0.1) is 5.82 Å². The van der Waals surface area contributed by atoms with Crippen molar-refractivity contribution < 1.29 is 13.9 Å². The van der Waals surface area contributed by atoms with E-state index in [1.165, 1.54) is 18.2 Å². The fraction of sp³-hybridized carbons (Fsp3) is 0.364. The number of alkyl halides is 1. The lowest BCUT2D eigenvalue weighted by molar-refractivity contribution is -0.142. The van der Waals surface area contributed by atoms with Crippen LogP contribution in [0.4, 0.5) is 4.39 Å². The monoisotopic (exact) mass is 264 g/mol. The molecular formula is C11H11Cl2FO2. The summed E-state index contributed by atoms with van der Waals surface area (Å²) in [5, 5.41) is -0.462. The van der Waals surface area contributed by atoms with Gasteiger partial charge < -0.3 is 4.74 Å². The molecule has 1 atom stereocenters. The van der Waals surface area contributed by atoms with Crippen LogP contribution in [0.2, 0.25) is 5.02 Å². The zero-order valence-corrected chi connectivity index (χ0v) is 10.2. The van der Waals surface area contributed by atoms with Gasteiger partial charge in [0.25, 0.3) is 0 Å². The summed E-state index contributed by atoms with van der Waals surface area (Å²) >= 11 is 11.7. The average Bonchev–Trinajstić information content (AvgIpc) is 2.23. The van der Waals surface area contributed by atoms with Crippen LogP contribution in [-0.2, 0) is 16.0 Å². The standard InChI is InChI=1S/C11H11Cl2FO2/c1-2-16-11(15)10(13)6-7-5-8(14)3-4-9(7)12/h3-5,10H,2,6H2,1H3. The molecule has 1 aromatic carbocycles. The Bertz CT molecular complexity index is 382. The predicted octanol–water partition coefficient (Wildman–Crippen LogP) is 3.19. The third-order valence-electron chi connectivity index (χ3n) is 1.95. The van der Waals surface area contributed by atoms with Gasteiger partial charge in [-0.3, -0.25) is 4.79 Å². The molecule has 0 saturated heterocycles. The number of hydrogen-bond donors (Lipinski definition) is 0. The van der Waals surface area contributed by atoms with Gasteiger partial charge in [0.1, 0.15) is 11.2 Å². The number of halogens is 3.